The minimum Gasteiger partial charge on any atom is -0.489 e. The third-order valence-electron chi connectivity index (χ3n) is 2.87. The van der Waals surface area contributed by atoms with Gasteiger partial charge < -0.3 is 9.15 Å². The van der Waals surface area contributed by atoms with E-state index in [1.54, 1.807) is 12.1 Å². The fraction of sp³-hybridized carbons (Fsp3) is 0.0667. The molecule has 106 valence electrons. The zero-order chi connectivity index (χ0) is 14.7. The van der Waals surface area contributed by atoms with Gasteiger partial charge in [-0.25, -0.2) is 0 Å². The number of rotatable bonds is 4. The molecule has 0 aliphatic heterocycles. The van der Waals surface area contributed by atoms with Crippen molar-refractivity contribution in [1.29, 1.82) is 0 Å². The lowest BCUT2D eigenvalue weighted by atomic mass is 10.2. The zero-order valence-corrected chi connectivity index (χ0v) is 12.3. The Morgan fingerprint density at radius 3 is 2.52 bits per heavy atom. The van der Waals surface area contributed by atoms with Gasteiger partial charge in [0, 0.05) is 21.2 Å². The summed E-state index contributed by atoms with van der Waals surface area (Å²) in [5, 5.41) is 8.67. The van der Waals surface area contributed by atoms with Gasteiger partial charge >= 0.3 is 0 Å². The lowest BCUT2D eigenvalue weighted by Gasteiger charge is -2.08. The van der Waals surface area contributed by atoms with Crippen molar-refractivity contribution in [3.63, 3.8) is 0 Å². The largest absolute Gasteiger partial charge is 0.489 e. The van der Waals surface area contributed by atoms with Crippen LogP contribution in [-0.2, 0) is 6.61 Å². The highest BCUT2D eigenvalue weighted by Gasteiger charge is 2.05. The maximum atomic E-state index is 6.10. The molecule has 0 saturated heterocycles. The lowest BCUT2D eigenvalue weighted by molar-refractivity contribution is 0.306. The van der Waals surface area contributed by atoms with Gasteiger partial charge in [0.2, 0.25) is 12.3 Å². The molecule has 3 rings (SSSR count). The monoisotopic (exact) mass is 320 g/mol. The molecule has 0 spiro atoms. The topological polar surface area (TPSA) is 48.2 Å². The Morgan fingerprint density at radius 2 is 1.86 bits per heavy atom. The summed E-state index contributed by atoms with van der Waals surface area (Å²) in [7, 11) is 0. The van der Waals surface area contributed by atoms with Crippen molar-refractivity contribution in [3.8, 4) is 17.2 Å². The second-order valence-corrected chi connectivity index (χ2v) is 5.14. The van der Waals surface area contributed by atoms with Crippen LogP contribution < -0.4 is 4.74 Å². The summed E-state index contributed by atoms with van der Waals surface area (Å²) in [6.45, 7) is 0.371. The van der Waals surface area contributed by atoms with E-state index in [1.165, 1.54) is 6.39 Å². The molecule has 2 aromatic carbocycles. The first kappa shape index (κ1) is 13.9. The molecule has 0 bridgehead atoms. The SMILES string of the molecule is Clc1ccc(COc2ccc(-c3nnco3)cc2)c(Cl)c1. The van der Waals surface area contributed by atoms with E-state index in [0.29, 0.717) is 22.5 Å². The van der Waals surface area contributed by atoms with Crippen LogP contribution in [0.4, 0.5) is 0 Å². The number of ether oxygens (including phenoxy) is 1. The molecule has 1 aromatic heterocycles. The average Bonchev–Trinajstić information content (AvgIpc) is 3.01. The van der Waals surface area contributed by atoms with E-state index in [2.05, 4.69) is 10.2 Å². The number of benzene rings is 2. The lowest BCUT2D eigenvalue weighted by Crippen LogP contribution is -1.96. The highest BCUT2D eigenvalue weighted by atomic mass is 35.5. The van der Waals surface area contributed by atoms with Gasteiger partial charge in [-0.2, -0.15) is 0 Å². The van der Waals surface area contributed by atoms with Crippen molar-refractivity contribution in [1.82, 2.24) is 10.2 Å². The van der Waals surface area contributed by atoms with Crippen LogP contribution >= 0.6 is 23.2 Å². The first-order valence-electron chi connectivity index (χ1n) is 6.16. The van der Waals surface area contributed by atoms with Crippen LogP contribution in [-0.4, -0.2) is 10.2 Å². The third-order valence-corrected chi connectivity index (χ3v) is 3.46. The van der Waals surface area contributed by atoms with Crippen LogP contribution in [0.5, 0.6) is 5.75 Å². The number of aromatic nitrogens is 2. The Morgan fingerprint density at radius 1 is 1.05 bits per heavy atom. The first-order valence-corrected chi connectivity index (χ1v) is 6.91. The van der Waals surface area contributed by atoms with E-state index in [9.17, 15) is 0 Å². The number of halogens is 2. The van der Waals surface area contributed by atoms with Crippen LogP contribution in [0.15, 0.2) is 53.3 Å². The van der Waals surface area contributed by atoms with E-state index in [1.807, 2.05) is 30.3 Å². The predicted molar refractivity (Wildman–Crippen MR) is 80.5 cm³/mol. The van der Waals surface area contributed by atoms with Gasteiger partial charge in [-0.05, 0) is 36.4 Å². The normalized spacial score (nSPS) is 10.6. The molecule has 21 heavy (non-hydrogen) atoms. The standard InChI is InChI=1S/C15H10Cl2N2O2/c16-12-4-1-11(14(17)7-12)8-20-13-5-2-10(3-6-13)15-19-18-9-21-15/h1-7,9H,8H2. The summed E-state index contributed by atoms with van der Waals surface area (Å²) >= 11 is 12.0. The molecule has 1 heterocycles. The summed E-state index contributed by atoms with van der Waals surface area (Å²) in [6, 6.07) is 12.7. The van der Waals surface area contributed by atoms with Crippen molar-refractivity contribution in [2.45, 2.75) is 6.61 Å². The first-order chi connectivity index (χ1) is 10.2. The van der Waals surface area contributed by atoms with E-state index >= 15 is 0 Å². The van der Waals surface area contributed by atoms with Crippen molar-refractivity contribution < 1.29 is 9.15 Å². The van der Waals surface area contributed by atoms with Crippen molar-refractivity contribution >= 4 is 23.2 Å². The Balaban J connectivity index is 1.68. The second kappa shape index (κ2) is 6.16. The maximum absolute atomic E-state index is 6.10. The van der Waals surface area contributed by atoms with Gasteiger partial charge in [0.25, 0.3) is 0 Å². The second-order valence-electron chi connectivity index (χ2n) is 4.29. The molecule has 0 amide bonds. The zero-order valence-electron chi connectivity index (χ0n) is 10.8. The highest BCUT2D eigenvalue weighted by Crippen LogP contribution is 2.24. The molecule has 0 fully saturated rings. The molecule has 0 atom stereocenters. The summed E-state index contributed by atoms with van der Waals surface area (Å²) in [5.74, 6) is 1.20. The van der Waals surface area contributed by atoms with Crippen molar-refractivity contribution in [3.05, 3.63) is 64.5 Å². The minimum atomic E-state index is 0.371. The van der Waals surface area contributed by atoms with Gasteiger partial charge in [-0.3, -0.25) is 0 Å². The summed E-state index contributed by atoms with van der Waals surface area (Å²) in [5.41, 5.74) is 1.71. The Hall–Kier alpha value is -2.04. The van der Waals surface area contributed by atoms with E-state index < -0.39 is 0 Å². The summed E-state index contributed by atoms with van der Waals surface area (Å²) < 4.78 is 10.8. The minimum absolute atomic E-state index is 0.371. The predicted octanol–water partition coefficient (Wildman–Crippen LogP) is 4.62. The van der Waals surface area contributed by atoms with E-state index in [4.69, 9.17) is 32.4 Å². The molecule has 0 saturated carbocycles. The highest BCUT2D eigenvalue weighted by molar-refractivity contribution is 6.35. The van der Waals surface area contributed by atoms with E-state index in [0.717, 1.165) is 16.9 Å². The molecular weight excluding hydrogens is 311 g/mol. The quantitative estimate of drug-likeness (QED) is 0.703. The van der Waals surface area contributed by atoms with Gasteiger partial charge in [-0.15, -0.1) is 10.2 Å². The van der Waals surface area contributed by atoms with Crippen molar-refractivity contribution in [2.75, 3.05) is 0 Å². The Kier molecular flexibility index (Phi) is 4.08. The molecule has 0 radical (unpaired) electrons. The van der Waals surface area contributed by atoms with Crippen molar-refractivity contribution in [2.24, 2.45) is 0 Å². The molecular formula is C15H10Cl2N2O2. The summed E-state index contributed by atoms with van der Waals surface area (Å²) in [6.07, 6.45) is 1.29. The number of hydrogen-bond acceptors (Lipinski definition) is 4. The fourth-order valence-electron chi connectivity index (χ4n) is 1.79. The molecule has 3 aromatic rings. The van der Waals surface area contributed by atoms with Gasteiger partial charge in [0.1, 0.15) is 12.4 Å². The Bertz CT molecular complexity index is 728. The molecule has 6 heteroatoms. The number of hydrogen-bond donors (Lipinski definition) is 0. The van der Waals surface area contributed by atoms with Crippen LogP contribution in [0.25, 0.3) is 11.5 Å². The molecule has 4 nitrogen and oxygen atoms in total. The third kappa shape index (κ3) is 3.35. The Labute approximate surface area is 131 Å². The molecule has 0 aliphatic carbocycles. The number of nitrogens with zero attached hydrogens (tertiary/aromatic N) is 2. The molecule has 0 aliphatic rings. The van der Waals surface area contributed by atoms with Gasteiger partial charge in [-0.1, -0.05) is 29.3 Å². The fourth-order valence-corrected chi connectivity index (χ4v) is 2.26. The molecule has 0 N–H and O–H groups in total. The van der Waals surface area contributed by atoms with E-state index in [-0.39, 0.29) is 0 Å². The van der Waals surface area contributed by atoms with Gasteiger partial charge in [0.05, 0.1) is 0 Å². The van der Waals surface area contributed by atoms with Crippen LogP contribution in [0.2, 0.25) is 10.0 Å². The van der Waals surface area contributed by atoms with Crippen LogP contribution in [0.1, 0.15) is 5.56 Å². The smallest absolute Gasteiger partial charge is 0.247 e. The average molecular weight is 321 g/mol. The molecule has 0 unspecified atom stereocenters. The van der Waals surface area contributed by atoms with Gasteiger partial charge in [0.15, 0.2) is 0 Å². The van der Waals surface area contributed by atoms with Crippen LogP contribution in [0.3, 0.4) is 0 Å². The van der Waals surface area contributed by atoms with Crippen LogP contribution in [0, 0.1) is 0 Å². The maximum Gasteiger partial charge on any atom is 0.247 e. The summed E-state index contributed by atoms with van der Waals surface area (Å²) in [4.78, 5) is 0.